The second kappa shape index (κ2) is 6.38. The van der Waals surface area contributed by atoms with Crippen LogP contribution in [0.25, 0.3) is 6.08 Å². The molecule has 0 spiro atoms. The summed E-state index contributed by atoms with van der Waals surface area (Å²) in [6.07, 6.45) is 6.39. The van der Waals surface area contributed by atoms with Crippen LogP contribution in [0.4, 0.5) is 0 Å². The first-order valence-electron chi connectivity index (χ1n) is 5.14. The molecule has 0 radical (unpaired) electrons. The first-order chi connectivity index (χ1) is 7.63. The Bertz CT molecular complexity index is 368. The van der Waals surface area contributed by atoms with Crippen molar-refractivity contribution in [2.75, 3.05) is 20.4 Å². The predicted octanol–water partition coefficient (Wildman–Crippen LogP) is 2.90. The van der Waals surface area contributed by atoms with Crippen LogP contribution in [0.2, 0.25) is 0 Å². The average Bonchev–Trinajstić information content (AvgIpc) is 2.29. The lowest BCUT2D eigenvalue weighted by atomic mass is 10.2. The SMILES string of the molecule is CSc1ccc(/C=C/CC(=O)N(C)C)cc1. The molecule has 1 aromatic rings. The minimum atomic E-state index is 0.122. The molecule has 0 unspecified atom stereocenters. The summed E-state index contributed by atoms with van der Waals surface area (Å²) in [6.45, 7) is 0. The molecule has 1 rings (SSSR count). The second-order valence-electron chi connectivity index (χ2n) is 3.67. The molecule has 0 N–H and O–H groups in total. The maximum absolute atomic E-state index is 11.3. The summed E-state index contributed by atoms with van der Waals surface area (Å²) in [4.78, 5) is 14.2. The Morgan fingerprint density at radius 1 is 1.31 bits per heavy atom. The molecular formula is C13H17NOS. The van der Waals surface area contributed by atoms with Gasteiger partial charge in [0.15, 0.2) is 0 Å². The Kier molecular flexibility index (Phi) is 5.12. The van der Waals surface area contributed by atoms with E-state index in [2.05, 4.69) is 30.5 Å². The van der Waals surface area contributed by atoms with Crippen molar-refractivity contribution in [1.82, 2.24) is 4.90 Å². The summed E-state index contributed by atoms with van der Waals surface area (Å²) in [5.74, 6) is 0.122. The molecule has 2 nitrogen and oxygen atoms in total. The van der Waals surface area contributed by atoms with Gasteiger partial charge in [0.05, 0.1) is 0 Å². The average molecular weight is 235 g/mol. The monoisotopic (exact) mass is 235 g/mol. The van der Waals surface area contributed by atoms with E-state index in [1.54, 1.807) is 30.8 Å². The van der Waals surface area contributed by atoms with Crippen molar-refractivity contribution in [1.29, 1.82) is 0 Å². The fourth-order valence-corrected chi connectivity index (χ4v) is 1.60. The van der Waals surface area contributed by atoms with Crippen molar-refractivity contribution < 1.29 is 4.79 Å². The molecule has 86 valence electrons. The van der Waals surface area contributed by atoms with Crippen LogP contribution >= 0.6 is 11.8 Å². The Balaban J connectivity index is 2.53. The summed E-state index contributed by atoms with van der Waals surface area (Å²) in [7, 11) is 3.53. The highest BCUT2D eigenvalue weighted by molar-refractivity contribution is 7.98. The largest absolute Gasteiger partial charge is 0.349 e. The van der Waals surface area contributed by atoms with Gasteiger partial charge in [0.1, 0.15) is 0 Å². The fourth-order valence-electron chi connectivity index (χ4n) is 1.19. The number of amides is 1. The van der Waals surface area contributed by atoms with E-state index < -0.39 is 0 Å². The molecule has 0 bridgehead atoms. The van der Waals surface area contributed by atoms with Crippen molar-refractivity contribution in [3.05, 3.63) is 35.9 Å². The summed E-state index contributed by atoms with van der Waals surface area (Å²) in [6, 6.07) is 8.28. The third-order valence-electron chi connectivity index (χ3n) is 2.22. The third kappa shape index (κ3) is 4.11. The molecule has 3 heteroatoms. The number of carbonyl (C=O) groups excluding carboxylic acids is 1. The van der Waals surface area contributed by atoms with Gasteiger partial charge in [-0.2, -0.15) is 0 Å². The van der Waals surface area contributed by atoms with Gasteiger partial charge in [0.2, 0.25) is 5.91 Å². The molecule has 1 amide bonds. The van der Waals surface area contributed by atoms with E-state index >= 15 is 0 Å². The van der Waals surface area contributed by atoms with Crippen LogP contribution in [0.3, 0.4) is 0 Å². The highest BCUT2D eigenvalue weighted by Crippen LogP contribution is 2.15. The van der Waals surface area contributed by atoms with Crippen molar-refractivity contribution in [3.63, 3.8) is 0 Å². The van der Waals surface area contributed by atoms with Gasteiger partial charge in [-0.3, -0.25) is 4.79 Å². The number of carbonyl (C=O) groups is 1. The van der Waals surface area contributed by atoms with Gasteiger partial charge >= 0.3 is 0 Å². The number of rotatable bonds is 4. The summed E-state index contributed by atoms with van der Waals surface area (Å²) >= 11 is 1.73. The number of benzene rings is 1. The van der Waals surface area contributed by atoms with Crippen molar-refractivity contribution in [2.24, 2.45) is 0 Å². The zero-order chi connectivity index (χ0) is 12.0. The van der Waals surface area contributed by atoms with E-state index in [0.717, 1.165) is 5.56 Å². The molecule has 0 atom stereocenters. The van der Waals surface area contributed by atoms with Gasteiger partial charge in [0, 0.05) is 25.4 Å². The van der Waals surface area contributed by atoms with Crippen molar-refractivity contribution in [3.8, 4) is 0 Å². The molecule has 0 aromatic heterocycles. The topological polar surface area (TPSA) is 20.3 Å². The number of hydrogen-bond donors (Lipinski definition) is 0. The lowest BCUT2D eigenvalue weighted by molar-refractivity contribution is -0.127. The molecule has 0 aliphatic rings. The quantitative estimate of drug-likeness (QED) is 0.748. The van der Waals surface area contributed by atoms with Crippen molar-refractivity contribution >= 4 is 23.7 Å². The predicted molar refractivity (Wildman–Crippen MR) is 70.6 cm³/mol. The van der Waals surface area contributed by atoms with Crippen LogP contribution in [0.15, 0.2) is 35.2 Å². The fraction of sp³-hybridized carbons (Fsp3) is 0.308. The van der Waals surface area contributed by atoms with E-state index in [4.69, 9.17) is 0 Å². The van der Waals surface area contributed by atoms with Crippen LogP contribution in [-0.2, 0) is 4.79 Å². The minimum Gasteiger partial charge on any atom is -0.349 e. The van der Waals surface area contributed by atoms with E-state index in [9.17, 15) is 4.79 Å². The highest BCUT2D eigenvalue weighted by atomic mass is 32.2. The summed E-state index contributed by atoms with van der Waals surface area (Å²) < 4.78 is 0. The highest BCUT2D eigenvalue weighted by Gasteiger charge is 1.99. The summed E-state index contributed by atoms with van der Waals surface area (Å²) in [5.41, 5.74) is 1.13. The maximum Gasteiger partial charge on any atom is 0.225 e. The van der Waals surface area contributed by atoms with Crippen LogP contribution in [-0.4, -0.2) is 31.2 Å². The van der Waals surface area contributed by atoms with Crippen LogP contribution in [0.5, 0.6) is 0 Å². The lowest BCUT2D eigenvalue weighted by Crippen LogP contribution is -2.20. The Labute approximate surface area is 101 Å². The van der Waals surface area contributed by atoms with Gasteiger partial charge in [0.25, 0.3) is 0 Å². The number of hydrogen-bond acceptors (Lipinski definition) is 2. The van der Waals surface area contributed by atoms with E-state index in [-0.39, 0.29) is 5.91 Å². The van der Waals surface area contributed by atoms with Gasteiger partial charge in [-0.1, -0.05) is 24.3 Å². The van der Waals surface area contributed by atoms with Crippen molar-refractivity contribution in [2.45, 2.75) is 11.3 Å². The number of thioether (sulfide) groups is 1. The molecular weight excluding hydrogens is 218 g/mol. The van der Waals surface area contributed by atoms with Gasteiger partial charge in [-0.25, -0.2) is 0 Å². The lowest BCUT2D eigenvalue weighted by Gasteiger charge is -2.07. The van der Waals surface area contributed by atoms with E-state index in [0.29, 0.717) is 6.42 Å². The van der Waals surface area contributed by atoms with Gasteiger partial charge in [-0.15, -0.1) is 11.8 Å². The van der Waals surface area contributed by atoms with Gasteiger partial charge in [-0.05, 0) is 24.0 Å². The first-order valence-corrected chi connectivity index (χ1v) is 6.36. The normalized spacial score (nSPS) is 10.7. The third-order valence-corrected chi connectivity index (χ3v) is 2.96. The maximum atomic E-state index is 11.3. The zero-order valence-corrected chi connectivity index (χ0v) is 10.8. The molecule has 1 aromatic carbocycles. The summed E-state index contributed by atoms with van der Waals surface area (Å²) in [5, 5.41) is 0. The van der Waals surface area contributed by atoms with Crippen LogP contribution < -0.4 is 0 Å². The molecule has 0 aliphatic carbocycles. The number of nitrogens with zero attached hydrogens (tertiary/aromatic N) is 1. The molecule has 0 saturated heterocycles. The van der Waals surface area contributed by atoms with Gasteiger partial charge < -0.3 is 4.90 Å². The van der Waals surface area contributed by atoms with Crippen LogP contribution in [0.1, 0.15) is 12.0 Å². The minimum absolute atomic E-state index is 0.122. The standard InChI is InChI=1S/C13H17NOS/c1-14(2)13(15)6-4-5-11-7-9-12(16-3)10-8-11/h4-5,7-10H,6H2,1-3H3/b5-4+. The molecule has 0 aliphatic heterocycles. The Hall–Kier alpha value is -1.22. The smallest absolute Gasteiger partial charge is 0.225 e. The first kappa shape index (κ1) is 12.8. The van der Waals surface area contributed by atoms with Crippen LogP contribution in [0, 0.1) is 0 Å². The molecule has 16 heavy (non-hydrogen) atoms. The Morgan fingerprint density at radius 3 is 2.44 bits per heavy atom. The molecule has 0 heterocycles. The Morgan fingerprint density at radius 2 is 1.94 bits per heavy atom. The molecule has 0 fully saturated rings. The van der Waals surface area contributed by atoms with E-state index in [1.807, 2.05) is 12.2 Å². The second-order valence-corrected chi connectivity index (χ2v) is 4.55. The molecule has 0 saturated carbocycles. The zero-order valence-electron chi connectivity index (χ0n) is 9.93. The van der Waals surface area contributed by atoms with E-state index in [1.165, 1.54) is 4.90 Å².